The first-order valence-corrected chi connectivity index (χ1v) is 21.1. The fraction of sp³-hybridized carbons (Fsp3) is 0.417. The molecule has 4 aromatic carbocycles. The van der Waals surface area contributed by atoms with E-state index in [1.165, 1.54) is 106 Å². The molecule has 0 saturated heterocycles. The van der Waals surface area contributed by atoms with Gasteiger partial charge in [-0.25, -0.2) is 0 Å². The highest BCUT2D eigenvalue weighted by Gasteiger charge is 2.31. The second-order valence-corrected chi connectivity index (χ2v) is 15.7. The fourth-order valence-electron chi connectivity index (χ4n) is 8.73. The number of rotatable bonds is 16. The Bertz CT molecular complexity index is 1680. The predicted molar refractivity (Wildman–Crippen MR) is 217 cm³/mol. The highest BCUT2D eigenvalue weighted by molar-refractivity contribution is 6.36. The number of benzene rings is 4. The zero-order valence-corrected chi connectivity index (χ0v) is 32.2. The Hall–Kier alpha value is -3.42. The van der Waals surface area contributed by atoms with E-state index in [-0.39, 0.29) is 0 Å². The van der Waals surface area contributed by atoms with Crippen molar-refractivity contribution in [2.24, 2.45) is 0 Å². The topological polar surface area (TPSA) is 0 Å². The fourth-order valence-corrected chi connectivity index (χ4v) is 10.4. The summed E-state index contributed by atoms with van der Waals surface area (Å²) in [4.78, 5) is 0. The molecule has 0 saturated carbocycles. The molecule has 2 atom stereocenters. The molecule has 0 heterocycles. The molecule has 4 aromatic rings. The molecule has 6 rings (SSSR count). The van der Waals surface area contributed by atoms with Crippen molar-refractivity contribution in [2.45, 2.75) is 130 Å². The normalized spacial score (nSPS) is 16.4. The zero-order valence-electron chi connectivity index (χ0n) is 31.2. The van der Waals surface area contributed by atoms with Gasteiger partial charge in [-0.15, -0.1) is 0 Å². The third kappa shape index (κ3) is 7.11. The molecule has 0 nitrogen and oxygen atoms in total. The second-order valence-electron chi connectivity index (χ2n) is 14.3. The van der Waals surface area contributed by atoms with Crippen molar-refractivity contribution in [3.05, 3.63) is 128 Å². The first-order valence-electron chi connectivity index (χ1n) is 19.7. The molecular formula is C48H58Si. The van der Waals surface area contributed by atoms with E-state index in [2.05, 4.69) is 126 Å². The highest BCUT2D eigenvalue weighted by Crippen LogP contribution is 2.49. The third-order valence-electron chi connectivity index (χ3n) is 11.5. The van der Waals surface area contributed by atoms with Crippen molar-refractivity contribution in [3.63, 3.8) is 0 Å². The molecule has 2 aliphatic carbocycles. The predicted octanol–water partition coefficient (Wildman–Crippen LogP) is 13.9. The Morgan fingerprint density at radius 2 is 0.878 bits per heavy atom. The van der Waals surface area contributed by atoms with Crippen molar-refractivity contribution in [3.8, 4) is 22.3 Å². The average molecular weight is 663 g/mol. The van der Waals surface area contributed by atoms with Crippen LogP contribution in [-0.4, -0.2) is 9.52 Å². The van der Waals surface area contributed by atoms with Crippen molar-refractivity contribution in [2.75, 3.05) is 0 Å². The van der Waals surface area contributed by atoms with Crippen molar-refractivity contribution >= 4 is 21.7 Å². The van der Waals surface area contributed by atoms with Gasteiger partial charge in [-0.1, -0.05) is 163 Å². The number of allylic oxidation sites excluding steroid dienone is 2. The molecule has 0 N–H and O–H groups in total. The average Bonchev–Trinajstić information content (AvgIpc) is 3.69. The summed E-state index contributed by atoms with van der Waals surface area (Å²) in [6.07, 6.45) is 17.1. The van der Waals surface area contributed by atoms with Crippen LogP contribution < -0.4 is 0 Å². The van der Waals surface area contributed by atoms with Crippen LogP contribution in [0.3, 0.4) is 0 Å². The van der Waals surface area contributed by atoms with Gasteiger partial charge < -0.3 is 0 Å². The Balaban J connectivity index is 1.33. The molecule has 0 bridgehead atoms. The van der Waals surface area contributed by atoms with Crippen molar-refractivity contribution in [1.29, 1.82) is 0 Å². The van der Waals surface area contributed by atoms with Crippen molar-refractivity contribution in [1.82, 2.24) is 0 Å². The molecule has 0 spiro atoms. The lowest BCUT2D eigenvalue weighted by atomic mass is 9.86. The van der Waals surface area contributed by atoms with Gasteiger partial charge in [0, 0.05) is 21.4 Å². The molecule has 0 fully saturated rings. The van der Waals surface area contributed by atoms with E-state index in [4.69, 9.17) is 0 Å². The Kier molecular flexibility index (Phi) is 11.9. The maximum atomic E-state index is 2.64. The van der Waals surface area contributed by atoms with E-state index in [9.17, 15) is 0 Å². The Morgan fingerprint density at radius 3 is 1.27 bits per heavy atom. The van der Waals surface area contributed by atoms with Gasteiger partial charge in [0.1, 0.15) is 0 Å². The van der Waals surface area contributed by atoms with Crippen LogP contribution in [0, 0.1) is 0 Å². The minimum Gasteiger partial charge on any atom is -0.0654 e. The van der Waals surface area contributed by atoms with Gasteiger partial charge in [0.05, 0.1) is 0 Å². The zero-order chi connectivity index (χ0) is 34.3. The summed E-state index contributed by atoms with van der Waals surface area (Å²) in [7, 11) is 0.942. The van der Waals surface area contributed by atoms with E-state index < -0.39 is 0 Å². The summed E-state index contributed by atoms with van der Waals surface area (Å²) in [5, 5.41) is 0. The number of hydrogen-bond acceptors (Lipinski definition) is 0. The number of fused-ring (bicyclic) bond motifs is 2. The number of aryl methyl sites for hydroxylation is 4. The molecule has 0 aromatic heterocycles. The van der Waals surface area contributed by atoms with Crippen LogP contribution in [0.15, 0.2) is 83.9 Å². The minimum absolute atomic E-state index is 0.553. The molecule has 0 aliphatic heterocycles. The summed E-state index contributed by atoms with van der Waals surface area (Å²) in [6, 6.07) is 30.8. The summed E-state index contributed by atoms with van der Waals surface area (Å²) in [5.74, 6) is 1.11. The third-order valence-corrected chi connectivity index (χ3v) is 12.9. The number of hydrogen-bond donors (Lipinski definition) is 0. The maximum Gasteiger partial charge on any atom is 0.0397 e. The largest absolute Gasteiger partial charge is 0.0654 e. The molecule has 1 heteroatoms. The molecule has 2 unspecified atom stereocenters. The van der Waals surface area contributed by atoms with E-state index in [1.54, 1.807) is 22.3 Å². The molecule has 254 valence electrons. The van der Waals surface area contributed by atoms with Gasteiger partial charge >= 0.3 is 0 Å². The number of unbranched alkanes of at least 4 members (excludes halogenated alkanes) is 2. The van der Waals surface area contributed by atoms with Crippen LogP contribution in [0.1, 0.15) is 136 Å². The maximum absolute atomic E-state index is 2.64. The van der Waals surface area contributed by atoms with Gasteiger partial charge in [0.2, 0.25) is 0 Å². The smallest absolute Gasteiger partial charge is 0.0397 e. The van der Waals surface area contributed by atoms with E-state index >= 15 is 0 Å². The lowest BCUT2D eigenvalue weighted by Gasteiger charge is -2.22. The quantitative estimate of drug-likeness (QED) is 0.105. The van der Waals surface area contributed by atoms with Crippen LogP contribution in [-0.2, 0) is 25.7 Å². The summed E-state index contributed by atoms with van der Waals surface area (Å²) in [5.41, 5.74) is 21.5. The Labute approximate surface area is 301 Å². The van der Waals surface area contributed by atoms with Crippen LogP contribution >= 0.6 is 0 Å². The van der Waals surface area contributed by atoms with Crippen LogP contribution in [0.4, 0.5) is 0 Å². The highest BCUT2D eigenvalue weighted by atomic mass is 28.2. The Morgan fingerprint density at radius 1 is 0.469 bits per heavy atom. The summed E-state index contributed by atoms with van der Waals surface area (Å²) < 4.78 is 0. The van der Waals surface area contributed by atoms with Crippen LogP contribution in [0.5, 0.6) is 0 Å². The summed E-state index contributed by atoms with van der Waals surface area (Å²) >= 11 is 0. The SMILES string of the molecule is CCCCC1=Cc2c(ccc(CC)c2-c2ccccc2CC)C1C[Si]CC1C(CCCC)=Cc2c1ccc(CC)c2-c1ccccc1CC. The summed E-state index contributed by atoms with van der Waals surface area (Å²) in [6.45, 7) is 14.0. The first kappa shape index (κ1) is 35.4. The standard InChI is InChI=1S/C48H58Si/c1-7-13-19-37-29-43-41(27-25-35(11-5)47(43)39-23-17-15-21-33(39)9-3)45(37)31-49-32-46-38(20-14-8-2)30-44-42(46)28-26-36(12-6)48(44)40-24-18-16-22-34(40)10-4/h15-18,21-30,45-46H,7-14,19-20,31-32H2,1-6H3. The van der Waals surface area contributed by atoms with E-state index in [0.29, 0.717) is 11.8 Å². The van der Waals surface area contributed by atoms with Gasteiger partial charge in [0.15, 0.2) is 0 Å². The minimum atomic E-state index is 0.553. The molecule has 2 aliphatic rings. The molecule has 0 amide bonds. The van der Waals surface area contributed by atoms with E-state index in [1.807, 2.05) is 0 Å². The first-order chi connectivity index (χ1) is 24.1. The van der Waals surface area contributed by atoms with Gasteiger partial charge in [-0.3, -0.25) is 0 Å². The van der Waals surface area contributed by atoms with Crippen LogP contribution in [0.25, 0.3) is 34.4 Å². The molecule has 2 radical (unpaired) electrons. The molecular weight excluding hydrogens is 605 g/mol. The van der Waals surface area contributed by atoms with Gasteiger partial charge in [-0.05, 0) is 118 Å². The lowest BCUT2D eigenvalue weighted by Crippen LogP contribution is -2.09. The second kappa shape index (κ2) is 16.5. The van der Waals surface area contributed by atoms with Gasteiger partial charge in [0.25, 0.3) is 0 Å². The van der Waals surface area contributed by atoms with E-state index in [0.717, 1.165) is 35.2 Å². The monoisotopic (exact) mass is 662 g/mol. The van der Waals surface area contributed by atoms with Crippen molar-refractivity contribution < 1.29 is 0 Å². The molecule has 49 heavy (non-hydrogen) atoms. The van der Waals surface area contributed by atoms with Gasteiger partial charge in [-0.2, -0.15) is 0 Å². The lowest BCUT2D eigenvalue weighted by molar-refractivity contribution is 0.730. The van der Waals surface area contributed by atoms with Crippen LogP contribution in [0.2, 0.25) is 12.1 Å².